The summed E-state index contributed by atoms with van der Waals surface area (Å²) in [5.74, 6) is 0. The Kier molecular flexibility index (Phi) is 22.6. The molecule has 0 aromatic heterocycles. The molecule has 0 atom stereocenters. The van der Waals surface area contributed by atoms with Crippen molar-refractivity contribution < 1.29 is 28.9 Å². The summed E-state index contributed by atoms with van der Waals surface area (Å²) in [6.07, 6.45) is 0. The van der Waals surface area contributed by atoms with Gasteiger partial charge in [0.05, 0.1) is 0 Å². The maximum absolute atomic E-state index is 5.08. The van der Waals surface area contributed by atoms with Crippen LogP contribution in [0.3, 0.4) is 0 Å². The monoisotopic (exact) mass is 412 g/mol. The van der Waals surface area contributed by atoms with E-state index < -0.39 is 6.97 Å². The summed E-state index contributed by atoms with van der Waals surface area (Å²) in [6.45, 7) is -5.08. The van der Waals surface area contributed by atoms with Crippen LogP contribution < -0.4 is 0 Å². The molecule has 0 bridgehead atoms. The molecule has 0 unspecified atom stereocenters. The molecule has 12 heteroatoms. The predicted octanol–water partition coefficient (Wildman–Crippen LogP) is 0.187. The Hall–Kier alpha value is 3.24. The molecule has 0 amide bonds. The molecule has 86 valence electrons. The molecule has 0 aliphatic rings. The Morgan fingerprint density at radius 1 is 0.500 bits per heavy atom. The summed E-state index contributed by atoms with van der Waals surface area (Å²) in [5, 5.41) is 0. The normalized spacial score (nSPS) is 13.5. The first-order valence-corrected chi connectivity index (χ1v) is 12.7. The second-order valence-electron chi connectivity index (χ2n) is 0.678. The molecule has 0 aromatic carbocycles. The van der Waals surface area contributed by atoms with Crippen molar-refractivity contribution in [1.82, 2.24) is 0 Å². The van der Waals surface area contributed by atoms with Crippen molar-refractivity contribution in [1.29, 1.82) is 0 Å². The van der Waals surface area contributed by atoms with Crippen molar-refractivity contribution >= 4 is 86.7 Å². The number of hydrogen-bond donors (Lipinski definition) is 0. The third-order valence-corrected chi connectivity index (χ3v) is 0. The van der Waals surface area contributed by atoms with E-state index in [1.807, 2.05) is 0 Å². The topological polar surface area (TPSA) is 126 Å². The summed E-state index contributed by atoms with van der Waals surface area (Å²) in [7, 11) is 30.2. The second kappa shape index (κ2) is 7.50. The fraction of sp³-hybridized carbons (Fsp3) is 0. The van der Waals surface area contributed by atoms with Gasteiger partial charge in [0.1, 0.15) is 0 Å². The molecule has 0 aliphatic heterocycles. The molecule has 4 nitrogen and oxygen atoms in total. The standard InChI is InChI=1S/6ClH.Na.4H2O.Pd.H/h6*1H;;4*1H2;;/q;;;;;;;;;;;+6;/p-6. The molecule has 0 fully saturated rings. The molecule has 8 N–H and O–H groups in total. The molecule has 0 spiro atoms. The van der Waals surface area contributed by atoms with Gasteiger partial charge in [0.15, 0.2) is 0 Å². The van der Waals surface area contributed by atoms with Crippen LogP contribution in [0.1, 0.15) is 0 Å². The van der Waals surface area contributed by atoms with Gasteiger partial charge < -0.3 is 21.9 Å². The first-order valence-electron chi connectivity index (χ1n) is 0.717. The van der Waals surface area contributed by atoms with Gasteiger partial charge in [-0.25, -0.2) is 0 Å². The molecule has 0 rings (SSSR count). The third kappa shape index (κ3) is 189. The average Bonchev–Trinajstić information content (AvgIpc) is 0.592. The predicted molar refractivity (Wildman–Crippen MR) is 56.7 cm³/mol. The van der Waals surface area contributed by atoms with Crippen LogP contribution in [-0.2, 0) is 6.97 Å². The fourth-order valence-corrected chi connectivity index (χ4v) is 0. The fourth-order valence-electron chi connectivity index (χ4n) is 0. The van der Waals surface area contributed by atoms with Gasteiger partial charge in [0.2, 0.25) is 0 Å². The van der Waals surface area contributed by atoms with Gasteiger partial charge in [0, 0.05) is 0 Å². The average molecular weight is 415 g/mol. The van der Waals surface area contributed by atoms with Crippen molar-refractivity contribution in [2.24, 2.45) is 0 Å². The van der Waals surface area contributed by atoms with Gasteiger partial charge in [-0.2, -0.15) is 0 Å². The zero-order chi connectivity index (χ0) is 6.41. The van der Waals surface area contributed by atoms with Crippen LogP contribution in [0.4, 0.5) is 0 Å². The quantitative estimate of drug-likeness (QED) is 0.501. The number of hydrogen-bond acceptors (Lipinski definition) is 0. The van der Waals surface area contributed by atoms with Gasteiger partial charge in [-0.1, -0.05) is 0 Å². The van der Waals surface area contributed by atoms with Crippen LogP contribution in [0.25, 0.3) is 0 Å². The van der Waals surface area contributed by atoms with E-state index in [1.165, 1.54) is 0 Å². The van der Waals surface area contributed by atoms with Gasteiger partial charge in [-0.05, 0) is 0 Å². The van der Waals surface area contributed by atoms with Crippen LogP contribution in [-0.4, -0.2) is 51.5 Å². The molecular formula is H9Cl6NaO4Pd. The number of halogens is 6. The Morgan fingerprint density at radius 3 is 0.500 bits per heavy atom. The van der Waals surface area contributed by atoms with Gasteiger partial charge in [-0.3, -0.25) is 0 Å². The first-order chi connectivity index (χ1) is 2.45. The summed E-state index contributed by atoms with van der Waals surface area (Å²) >= 11 is 0. The Bertz CT molecular complexity index is 78.1. The summed E-state index contributed by atoms with van der Waals surface area (Å²) in [6, 6.07) is 0. The molecule has 0 aliphatic carbocycles. The van der Waals surface area contributed by atoms with E-state index in [1.54, 1.807) is 0 Å². The second-order valence-corrected chi connectivity index (χ2v) is 36.1. The van der Waals surface area contributed by atoms with Crippen LogP contribution in [0.15, 0.2) is 0 Å². The molecule has 0 heterocycles. The van der Waals surface area contributed by atoms with E-state index in [9.17, 15) is 0 Å². The van der Waals surface area contributed by atoms with E-state index >= 15 is 0 Å². The molecule has 0 radical (unpaired) electrons. The maximum atomic E-state index is 5.03. The zero-order valence-electron chi connectivity index (χ0n) is 4.58. The zero-order valence-corrected chi connectivity index (χ0v) is 10.7. The van der Waals surface area contributed by atoms with Crippen molar-refractivity contribution in [2.75, 3.05) is 0 Å². The van der Waals surface area contributed by atoms with Crippen LogP contribution in [0, 0.1) is 0 Å². The molecule has 0 saturated heterocycles. The SMILES string of the molecule is O.O.O.O.[Cl][Pd]([Cl])([Cl])([Cl])([Cl])[Cl].[NaH]. The molecular weight excluding hydrogens is 406 g/mol. The van der Waals surface area contributed by atoms with Crippen LogP contribution in [0.5, 0.6) is 0 Å². The number of rotatable bonds is 0. The van der Waals surface area contributed by atoms with Crippen LogP contribution >= 0.6 is 57.2 Å². The van der Waals surface area contributed by atoms with E-state index in [2.05, 4.69) is 0 Å². The third-order valence-electron chi connectivity index (χ3n) is 0. The van der Waals surface area contributed by atoms with Crippen molar-refractivity contribution in [3.63, 3.8) is 0 Å². The van der Waals surface area contributed by atoms with Crippen molar-refractivity contribution in [3.05, 3.63) is 0 Å². The van der Waals surface area contributed by atoms with Crippen molar-refractivity contribution in [3.8, 4) is 0 Å². The van der Waals surface area contributed by atoms with Crippen molar-refractivity contribution in [2.45, 2.75) is 0 Å². The van der Waals surface area contributed by atoms with Gasteiger partial charge in [0.25, 0.3) is 0 Å². The Morgan fingerprint density at radius 2 is 0.500 bits per heavy atom. The van der Waals surface area contributed by atoms with E-state index in [4.69, 9.17) is 57.2 Å². The summed E-state index contributed by atoms with van der Waals surface area (Å²) in [4.78, 5) is 0. The van der Waals surface area contributed by atoms with Gasteiger partial charge >= 0.3 is 93.7 Å². The molecule has 12 heavy (non-hydrogen) atoms. The Balaban J connectivity index is -0.0000000180. The molecule has 0 aromatic rings. The molecule has 0 saturated carbocycles. The minimum absolute atomic E-state index is 0. The minimum atomic E-state index is -5.08. The van der Waals surface area contributed by atoms with E-state index in [-0.39, 0.29) is 51.5 Å². The van der Waals surface area contributed by atoms with Crippen LogP contribution in [0.2, 0.25) is 0 Å². The Labute approximate surface area is 114 Å². The van der Waals surface area contributed by atoms with E-state index in [0.717, 1.165) is 0 Å². The summed E-state index contributed by atoms with van der Waals surface area (Å²) < 4.78 is 0. The van der Waals surface area contributed by atoms with Gasteiger partial charge in [-0.15, -0.1) is 0 Å². The van der Waals surface area contributed by atoms with E-state index in [0.29, 0.717) is 0 Å². The first kappa shape index (κ1) is 36.2. The summed E-state index contributed by atoms with van der Waals surface area (Å²) in [5.41, 5.74) is 0.